The van der Waals surface area contributed by atoms with E-state index < -0.39 is 30.3 Å². The second-order valence-electron chi connectivity index (χ2n) is 5.32. The minimum atomic E-state index is -1.46. The van der Waals surface area contributed by atoms with Gasteiger partial charge in [0, 0.05) is 5.56 Å². The number of carbonyl (C=O) groups excluding carboxylic acids is 1. The van der Waals surface area contributed by atoms with Gasteiger partial charge in [0.25, 0.3) is 5.91 Å². The summed E-state index contributed by atoms with van der Waals surface area (Å²) >= 11 is 0. The van der Waals surface area contributed by atoms with Crippen molar-refractivity contribution < 1.29 is 24.6 Å². The molecule has 6 heteroatoms. The van der Waals surface area contributed by atoms with Crippen molar-refractivity contribution in [2.45, 2.75) is 18.9 Å². The van der Waals surface area contributed by atoms with E-state index in [0.29, 0.717) is 0 Å². The SMILES string of the molecule is O=C(O)CC(NC(=O)c1ccc(Cc2ccccc2)cc1)C(=O)O. The van der Waals surface area contributed by atoms with E-state index in [0.717, 1.165) is 17.5 Å². The van der Waals surface area contributed by atoms with Gasteiger partial charge in [0.2, 0.25) is 0 Å². The number of carbonyl (C=O) groups is 3. The third-order valence-corrected chi connectivity index (χ3v) is 3.45. The maximum absolute atomic E-state index is 12.0. The van der Waals surface area contributed by atoms with E-state index in [2.05, 4.69) is 5.32 Å². The number of rotatable bonds is 7. The molecule has 1 amide bonds. The minimum absolute atomic E-state index is 0.281. The molecule has 0 heterocycles. The molecule has 24 heavy (non-hydrogen) atoms. The lowest BCUT2D eigenvalue weighted by atomic mass is 10.0. The second-order valence-corrected chi connectivity index (χ2v) is 5.32. The maximum Gasteiger partial charge on any atom is 0.326 e. The van der Waals surface area contributed by atoms with Crippen LogP contribution in [0.15, 0.2) is 54.6 Å². The highest BCUT2D eigenvalue weighted by Crippen LogP contribution is 2.11. The molecule has 0 bridgehead atoms. The third kappa shape index (κ3) is 4.95. The van der Waals surface area contributed by atoms with Crippen molar-refractivity contribution in [1.82, 2.24) is 5.32 Å². The van der Waals surface area contributed by atoms with E-state index in [1.54, 1.807) is 24.3 Å². The van der Waals surface area contributed by atoms with Crippen molar-refractivity contribution in [2.75, 3.05) is 0 Å². The Bertz CT molecular complexity index is 725. The molecule has 124 valence electrons. The topological polar surface area (TPSA) is 104 Å². The van der Waals surface area contributed by atoms with Gasteiger partial charge in [-0.3, -0.25) is 9.59 Å². The monoisotopic (exact) mass is 327 g/mol. The van der Waals surface area contributed by atoms with Gasteiger partial charge >= 0.3 is 11.9 Å². The van der Waals surface area contributed by atoms with Crippen LogP contribution in [0.25, 0.3) is 0 Å². The average molecular weight is 327 g/mol. The Labute approximate surface area is 138 Å². The first-order valence-electron chi connectivity index (χ1n) is 7.34. The predicted molar refractivity (Wildman–Crippen MR) is 86.8 cm³/mol. The molecular weight excluding hydrogens is 310 g/mol. The highest BCUT2D eigenvalue weighted by molar-refractivity contribution is 5.97. The van der Waals surface area contributed by atoms with E-state index in [4.69, 9.17) is 10.2 Å². The molecule has 0 fully saturated rings. The minimum Gasteiger partial charge on any atom is -0.481 e. The van der Waals surface area contributed by atoms with Crippen LogP contribution in [0.3, 0.4) is 0 Å². The number of carboxylic acids is 2. The normalized spacial score (nSPS) is 11.5. The van der Waals surface area contributed by atoms with Crippen molar-refractivity contribution >= 4 is 17.8 Å². The average Bonchev–Trinajstić information content (AvgIpc) is 2.55. The van der Waals surface area contributed by atoms with Crippen LogP contribution >= 0.6 is 0 Å². The molecule has 0 aliphatic rings. The van der Waals surface area contributed by atoms with Gasteiger partial charge in [-0.25, -0.2) is 4.79 Å². The Morgan fingerprint density at radius 2 is 1.46 bits per heavy atom. The van der Waals surface area contributed by atoms with Crippen molar-refractivity contribution in [1.29, 1.82) is 0 Å². The number of hydrogen-bond donors (Lipinski definition) is 3. The molecule has 2 aromatic carbocycles. The zero-order valence-electron chi connectivity index (χ0n) is 12.8. The van der Waals surface area contributed by atoms with Crippen molar-refractivity contribution in [3.05, 3.63) is 71.3 Å². The third-order valence-electron chi connectivity index (χ3n) is 3.45. The van der Waals surface area contributed by atoms with Gasteiger partial charge in [-0.15, -0.1) is 0 Å². The van der Waals surface area contributed by atoms with Gasteiger partial charge in [0.1, 0.15) is 6.04 Å². The summed E-state index contributed by atoms with van der Waals surface area (Å²) in [6, 6.07) is 15.1. The molecule has 2 aromatic rings. The molecule has 0 aliphatic heterocycles. The standard InChI is InChI=1S/C18H17NO5/c20-16(21)11-15(18(23)24)19-17(22)14-8-6-13(7-9-14)10-12-4-2-1-3-5-12/h1-9,15H,10-11H2,(H,19,22)(H,20,21)(H,23,24). The number of aliphatic carboxylic acids is 2. The van der Waals surface area contributed by atoms with Gasteiger partial charge in [0.15, 0.2) is 0 Å². The van der Waals surface area contributed by atoms with Gasteiger partial charge < -0.3 is 15.5 Å². The number of hydrogen-bond acceptors (Lipinski definition) is 3. The molecule has 6 nitrogen and oxygen atoms in total. The molecule has 0 saturated carbocycles. The second kappa shape index (κ2) is 7.92. The highest BCUT2D eigenvalue weighted by atomic mass is 16.4. The molecule has 3 N–H and O–H groups in total. The molecule has 0 saturated heterocycles. The van der Waals surface area contributed by atoms with Gasteiger partial charge in [-0.05, 0) is 29.7 Å². The first-order chi connectivity index (χ1) is 11.5. The summed E-state index contributed by atoms with van der Waals surface area (Å²) in [4.78, 5) is 33.7. The van der Waals surface area contributed by atoms with Crippen LogP contribution in [-0.2, 0) is 16.0 Å². The van der Waals surface area contributed by atoms with E-state index in [-0.39, 0.29) is 5.56 Å². The lowest BCUT2D eigenvalue weighted by Gasteiger charge is -2.12. The van der Waals surface area contributed by atoms with Crippen LogP contribution < -0.4 is 5.32 Å². The quantitative estimate of drug-likeness (QED) is 0.721. The first-order valence-corrected chi connectivity index (χ1v) is 7.34. The number of nitrogens with one attached hydrogen (secondary N) is 1. The smallest absolute Gasteiger partial charge is 0.326 e. The number of amides is 1. The Kier molecular flexibility index (Phi) is 5.68. The van der Waals surface area contributed by atoms with Crippen LogP contribution in [0.1, 0.15) is 27.9 Å². The Balaban J connectivity index is 2.02. The Morgan fingerprint density at radius 1 is 0.875 bits per heavy atom. The molecule has 0 aliphatic carbocycles. The summed E-state index contributed by atoms with van der Waals surface area (Å²) < 4.78 is 0. The van der Waals surface area contributed by atoms with Crippen LogP contribution in [0, 0.1) is 0 Å². The fourth-order valence-electron chi connectivity index (χ4n) is 2.22. The lowest BCUT2D eigenvalue weighted by molar-refractivity contribution is -0.145. The predicted octanol–water partition coefficient (Wildman–Crippen LogP) is 1.94. The van der Waals surface area contributed by atoms with Gasteiger partial charge in [0.05, 0.1) is 6.42 Å². The van der Waals surface area contributed by atoms with Crippen molar-refractivity contribution in [3.8, 4) is 0 Å². The maximum atomic E-state index is 12.0. The van der Waals surface area contributed by atoms with Gasteiger partial charge in [-0.1, -0.05) is 42.5 Å². The van der Waals surface area contributed by atoms with E-state index in [1.807, 2.05) is 30.3 Å². The Hall–Kier alpha value is -3.15. The Morgan fingerprint density at radius 3 is 2.00 bits per heavy atom. The molecule has 0 aromatic heterocycles. The number of benzene rings is 2. The molecule has 0 spiro atoms. The summed E-state index contributed by atoms with van der Waals surface area (Å²) in [7, 11) is 0. The van der Waals surface area contributed by atoms with E-state index >= 15 is 0 Å². The molecule has 0 radical (unpaired) electrons. The summed E-state index contributed by atoms with van der Waals surface area (Å²) in [5.41, 5.74) is 2.43. The van der Waals surface area contributed by atoms with E-state index in [1.165, 1.54) is 0 Å². The van der Waals surface area contributed by atoms with Crippen molar-refractivity contribution in [3.63, 3.8) is 0 Å². The van der Waals surface area contributed by atoms with Crippen molar-refractivity contribution in [2.24, 2.45) is 0 Å². The highest BCUT2D eigenvalue weighted by Gasteiger charge is 2.23. The van der Waals surface area contributed by atoms with Crippen LogP contribution in [-0.4, -0.2) is 34.1 Å². The fourth-order valence-corrected chi connectivity index (χ4v) is 2.22. The lowest BCUT2D eigenvalue weighted by Crippen LogP contribution is -2.42. The van der Waals surface area contributed by atoms with Crippen LogP contribution in [0.5, 0.6) is 0 Å². The number of carboxylic acid groups (broad SMARTS) is 2. The molecule has 2 rings (SSSR count). The molecular formula is C18H17NO5. The van der Waals surface area contributed by atoms with Crippen LogP contribution in [0.2, 0.25) is 0 Å². The molecule has 1 unspecified atom stereocenters. The molecule has 1 atom stereocenters. The zero-order chi connectivity index (χ0) is 17.5. The summed E-state index contributed by atoms with van der Waals surface area (Å²) in [5.74, 6) is -3.29. The van der Waals surface area contributed by atoms with Gasteiger partial charge in [-0.2, -0.15) is 0 Å². The first kappa shape index (κ1) is 17.2. The fraction of sp³-hybridized carbons (Fsp3) is 0.167. The van der Waals surface area contributed by atoms with E-state index in [9.17, 15) is 14.4 Å². The summed E-state index contributed by atoms with van der Waals surface area (Å²) in [6.45, 7) is 0. The van der Waals surface area contributed by atoms with Crippen LogP contribution in [0.4, 0.5) is 0 Å². The summed E-state index contributed by atoms with van der Waals surface area (Å²) in [6.07, 6.45) is 0.0483. The largest absolute Gasteiger partial charge is 0.481 e. The summed E-state index contributed by atoms with van der Waals surface area (Å²) in [5, 5.41) is 19.8. The zero-order valence-corrected chi connectivity index (χ0v) is 12.8.